The second kappa shape index (κ2) is 11.9. The van der Waals surface area contributed by atoms with E-state index < -0.39 is 11.7 Å². The molecule has 7 heteroatoms. The molecule has 1 N–H and O–H groups in total. The quantitative estimate of drug-likeness (QED) is 0.420. The molecule has 3 rings (SSSR count). The number of ether oxygens (including phenoxy) is 3. The monoisotopic (exact) mass is 486 g/mol. The third kappa shape index (κ3) is 7.88. The Morgan fingerprint density at radius 3 is 2.25 bits per heavy atom. The van der Waals surface area contributed by atoms with E-state index in [1.807, 2.05) is 69.3 Å². The van der Waals surface area contributed by atoms with E-state index in [0.29, 0.717) is 23.4 Å². The Morgan fingerprint density at radius 2 is 1.61 bits per heavy atom. The van der Waals surface area contributed by atoms with Crippen LogP contribution in [0.25, 0.3) is 11.1 Å². The second-order valence-electron chi connectivity index (χ2n) is 9.23. The Labute approximate surface area is 211 Å². The molecule has 0 radical (unpaired) electrons. The van der Waals surface area contributed by atoms with Gasteiger partial charge in [0, 0.05) is 12.1 Å². The lowest BCUT2D eigenvalue weighted by molar-refractivity contribution is -0.139. The number of methoxy groups -OCH3 is 1. The molecule has 0 heterocycles. The first-order valence-corrected chi connectivity index (χ1v) is 11.5. The molecule has 7 nitrogen and oxygen atoms in total. The number of hydrogen-bond acceptors (Lipinski definition) is 6. The maximum absolute atomic E-state index is 12.0. The van der Waals surface area contributed by atoms with E-state index in [1.165, 1.54) is 7.11 Å². The molecule has 186 valence electrons. The van der Waals surface area contributed by atoms with Gasteiger partial charge in [0.25, 0.3) is 0 Å². The second-order valence-corrected chi connectivity index (χ2v) is 9.23. The average molecular weight is 487 g/mol. The summed E-state index contributed by atoms with van der Waals surface area (Å²) in [5, 5.41) is 12.0. The molecule has 0 saturated carbocycles. The average Bonchev–Trinajstić information content (AvgIpc) is 2.86. The predicted octanol–water partition coefficient (Wildman–Crippen LogP) is 5.54. The molecule has 3 aromatic rings. The summed E-state index contributed by atoms with van der Waals surface area (Å²) in [5.41, 5.74) is 4.42. The van der Waals surface area contributed by atoms with Gasteiger partial charge in [-0.25, -0.2) is 4.79 Å². The summed E-state index contributed by atoms with van der Waals surface area (Å²) in [6.07, 6.45) is -0.402. The van der Waals surface area contributed by atoms with Gasteiger partial charge in [-0.1, -0.05) is 42.5 Å². The molecular weight excluding hydrogens is 456 g/mol. The molecule has 0 aliphatic carbocycles. The van der Waals surface area contributed by atoms with Gasteiger partial charge >= 0.3 is 12.1 Å². The first-order valence-electron chi connectivity index (χ1n) is 11.5. The first-order chi connectivity index (χ1) is 17.2. The van der Waals surface area contributed by atoms with E-state index in [2.05, 4.69) is 11.4 Å². The van der Waals surface area contributed by atoms with Crippen LogP contribution in [-0.4, -0.2) is 24.8 Å². The summed E-state index contributed by atoms with van der Waals surface area (Å²) in [5.74, 6) is 0.0904. The van der Waals surface area contributed by atoms with E-state index in [9.17, 15) is 14.9 Å². The van der Waals surface area contributed by atoms with Crippen molar-refractivity contribution in [1.29, 1.82) is 5.26 Å². The van der Waals surface area contributed by atoms with Crippen LogP contribution in [0, 0.1) is 11.3 Å². The van der Waals surface area contributed by atoms with E-state index in [1.54, 1.807) is 18.2 Å². The molecule has 1 amide bonds. The Bertz CT molecular complexity index is 1270. The van der Waals surface area contributed by atoms with Crippen molar-refractivity contribution >= 4 is 12.1 Å². The highest BCUT2D eigenvalue weighted by Gasteiger charge is 2.16. The Hall–Kier alpha value is -4.31. The number of rotatable bonds is 8. The van der Waals surface area contributed by atoms with Gasteiger partial charge in [0.15, 0.2) is 0 Å². The number of benzene rings is 3. The van der Waals surface area contributed by atoms with Crippen LogP contribution < -0.4 is 10.1 Å². The lowest BCUT2D eigenvalue weighted by atomic mass is 10.0. The zero-order valence-electron chi connectivity index (χ0n) is 21.0. The normalized spacial score (nSPS) is 10.8. The van der Waals surface area contributed by atoms with Crippen molar-refractivity contribution in [2.75, 3.05) is 7.11 Å². The number of carbonyl (C=O) groups excluding carboxylic acids is 2. The van der Waals surface area contributed by atoms with Crippen LogP contribution in [0.5, 0.6) is 5.75 Å². The molecule has 0 aromatic heterocycles. The van der Waals surface area contributed by atoms with Crippen molar-refractivity contribution in [3.8, 4) is 22.9 Å². The van der Waals surface area contributed by atoms with E-state index in [4.69, 9.17) is 14.2 Å². The summed E-state index contributed by atoms with van der Waals surface area (Å²) < 4.78 is 16.1. The molecule has 0 fully saturated rings. The van der Waals surface area contributed by atoms with Gasteiger partial charge in [0.1, 0.15) is 18.0 Å². The van der Waals surface area contributed by atoms with Gasteiger partial charge in [0.2, 0.25) is 0 Å². The minimum atomic E-state index is -0.551. The van der Waals surface area contributed by atoms with Crippen LogP contribution >= 0.6 is 0 Å². The van der Waals surface area contributed by atoms with Crippen molar-refractivity contribution in [2.45, 2.75) is 45.9 Å². The third-order valence-corrected chi connectivity index (χ3v) is 5.18. The van der Waals surface area contributed by atoms with Crippen molar-refractivity contribution in [3.63, 3.8) is 0 Å². The maximum Gasteiger partial charge on any atom is 0.407 e. The smallest absolute Gasteiger partial charge is 0.407 e. The molecule has 0 aliphatic heterocycles. The van der Waals surface area contributed by atoms with Gasteiger partial charge < -0.3 is 19.5 Å². The molecule has 0 aliphatic rings. The molecule has 3 aromatic carbocycles. The predicted molar refractivity (Wildman–Crippen MR) is 136 cm³/mol. The van der Waals surface area contributed by atoms with E-state index in [-0.39, 0.29) is 19.0 Å². The van der Waals surface area contributed by atoms with Crippen molar-refractivity contribution < 1.29 is 23.8 Å². The van der Waals surface area contributed by atoms with E-state index in [0.717, 1.165) is 22.3 Å². The highest BCUT2D eigenvalue weighted by Crippen LogP contribution is 2.25. The summed E-state index contributed by atoms with van der Waals surface area (Å²) in [7, 11) is 1.33. The number of esters is 1. The van der Waals surface area contributed by atoms with Crippen LogP contribution in [0.4, 0.5) is 4.79 Å². The molecule has 0 spiro atoms. The summed E-state index contributed by atoms with van der Waals surface area (Å²) in [4.78, 5) is 23.7. The summed E-state index contributed by atoms with van der Waals surface area (Å²) >= 11 is 0. The fourth-order valence-electron chi connectivity index (χ4n) is 3.48. The molecule has 0 atom stereocenters. The Balaban J connectivity index is 1.71. The molecule has 36 heavy (non-hydrogen) atoms. The van der Waals surface area contributed by atoms with Gasteiger partial charge in [-0.2, -0.15) is 5.26 Å². The number of alkyl carbamates (subject to hydrolysis) is 1. The van der Waals surface area contributed by atoms with E-state index >= 15 is 0 Å². The molecule has 0 bridgehead atoms. The van der Waals surface area contributed by atoms with Crippen LogP contribution in [0.15, 0.2) is 66.7 Å². The number of hydrogen-bond donors (Lipinski definition) is 1. The highest BCUT2D eigenvalue weighted by atomic mass is 16.6. The van der Waals surface area contributed by atoms with Crippen LogP contribution in [-0.2, 0) is 33.8 Å². The van der Waals surface area contributed by atoms with Crippen molar-refractivity contribution in [2.24, 2.45) is 0 Å². The zero-order chi connectivity index (χ0) is 26.1. The lowest BCUT2D eigenvalue weighted by Gasteiger charge is -2.19. The largest absolute Gasteiger partial charge is 0.489 e. The molecule has 0 saturated heterocycles. The number of nitrogens with zero attached hydrogens (tertiary/aromatic N) is 1. The number of amides is 1. The van der Waals surface area contributed by atoms with Crippen LogP contribution in [0.2, 0.25) is 0 Å². The molecule has 0 unspecified atom stereocenters. The Morgan fingerprint density at radius 1 is 0.944 bits per heavy atom. The standard InChI is InChI=1S/C29H30N2O5/c1-29(2,3)36-28(33)31-18-21-7-5-9-23(13-21)24-10-6-8-22(14-24)19-35-26-15-20(17-30)11-12-25(26)16-27(32)34-4/h5-15H,16,18-19H2,1-4H3,(H,31,33). The number of carbonyl (C=O) groups is 2. The first kappa shape index (κ1) is 26.3. The van der Waals surface area contributed by atoms with Gasteiger partial charge in [-0.3, -0.25) is 4.79 Å². The lowest BCUT2D eigenvalue weighted by Crippen LogP contribution is -2.32. The minimum absolute atomic E-state index is 0.0572. The van der Waals surface area contributed by atoms with Crippen LogP contribution in [0.3, 0.4) is 0 Å². The molecular formula is C29H30N2O5. The van der Waals surface area contributed by atoms with Crippen LogP contribution in [0.1, 0.15) is 43.0 Å². The number of nitriles is 1. The summed E-state index contributed by atoms with van der Waals surface area (Å²) in [6, 6.07) is 22.9. The summed E-state index contributed by atoms with van der Waals surface area (Å²) in [6.45, 7) is 6.08. The fraction of sp³-hybridized carbons (Fsp3) is 0.276. The zero-order valence-corrected chi connectivity index (χ0v) is 21.0. The van der Waals surface area contributed by atoms with Gasteiger partial charge in [0.05, 0.1) is 25.2 Å². The third-order valence-electron chi connectivity index (χ3n) is 5.18. The van der Waals surface area contributed by atoms with Gasteiger partial charge in [-0.15, -0.1) is 0 Å². The Kier molecular flexibility index (Phi) is 8.69. The topological polar surface area (TPSA) is 97.7 Å². The van der Waals surface area contributed by atoms with Gasteiger partial charge in [-0.05, 0) is 67.3 Å². The maximum atomic E-state index is 12.0. The SMILES string of the molecule is COC(=O)Cc1ccc(C#N)cc1OCc1cccc(-c2cccc(CNC(=O)OC(C)(C)C)c2)c1. The highest BCUT2D eigenvalue weighted by molar-refractivity contribution is 5.73. The van der Waals surface area contributed by atoms with Crippen molar-refractivity contribution in [1.82, 2.24) is 5.32 Å². The fourth-order valence-corrected chi connectivity index (χ4v) is 3.48. The minimum Gasteiger partial charge on any atom is -0.489 e. The van der Waals surface area contributed by atoms with Crippen molar-refractivity contribution in [3.05, 3.63) is 89.0 Å². The number of nitrogens with one attached hydrogen (secondary N) is 1.